The lowest BCUT2D eigenvalue weighted by Gasteiger charge is -2.01. The molecule has 0 bridgehead atoms. The van der Waals surface area contributed by atoms with Gasteiger partial charge in [-0.05, 0) is 40.2 Å². The van der Waals surface area contributed by atoms with Crippen LogP contribution in [-0.4, -0.2) is 11.6 Å². The molecule has 0 aliphatic heterocycles. The molecular formula is C9H10BrClS. The quantitative estimate of drug-likeness (QED) is 0.447. The molecule has 66 valence electrons. The van der Waals surface area contributed by atoms with Crippen molar-refractivity contribution < 1.29 is 0 Å². The molecule has 0 atom stereocenters. The van der Waals surface area contributed by atoms with E-state index in [-0.39, 0.29) is 0 Å². The Labute approximate surface area is 90.8 Å². The minimum Gasteiger partial charge on any atom is -0.127 e. The van der Waals surface area contributed by atoms with Crippen LogP contribution in [0.3, 0.4) is 0 Å². The standard InChI is InChI=1S/C9H10BrClS/c10-8-4-1-2-5-9(8)12-7-3-6-11/h1-2,4-5H,3,6-7H2. The Morgan fingerprint density at radius 1 is 1.33 bits per heavy atom. The zero-order valence-electron chi connectivity index (χ0n) is 6.59. The maximum atomic E-state index is 5.58. The van der Waals surface area contributed by atoms with Crippen molar-refractivity contribution in [3.8, 4) is 0 Å². The molecule has 0 fully saturated rings. The van der Waals surface area contributed by atoms with Gasteiger partial charge in [0.15, 0.2) is 0 Å². The van der Waals surface area contributed by atoms with Crippen molar-refractivity contribution in [2.45, 2.75) is 11.3 Å². The molecular weight excluding hydrogens is 256 g/mol. The van der Waals surface area contributed by atoms with E-state index in [1.807, 2.05) is 23.9 Å². The molecule has 0 aromatic heterocycles. The second-order valence-corrected chi connectivity index (χ2v) is 4.69. The lowest BCUT2D eigenvalue weighted by Crippen LogP contribution is -1.81. The van der Waals surface area contributed by atoms with Crippen LogP contribution in [0.4, 0.5) is 0 Å². The average molecular weight is 266 g/mol. The zero-order valence-corrected chi connectivity index (χ0v) is 9.75. The fourth-order valence-electron chi connectivity index (χ4n) is 0.798. The smallest absolute Gasteiger partial charge is 0.0311 e. The highest BCUT2D eigenvalue weighted by Gasteiger charge is 1.97. The molecule has 0 aliphatic carbocycles. The van der Waals surface area contributed by atoms with Crippen molar-refractivity contribution in [3.63, 3.8) is 0 Å². The molecule has 0 heterocycles. The van der Waals surface area contributed by atoms with E-state index in [9.17, 15) is 0 Å². The number of thioether (sulfide) groups is 1. The van der Waals surface area contributed by atoms with Crippen LogP contribution < -0.4 is 0 Å². The topological polar surface area (TPSA) is 0 Å². The summed E-state index contributed by atoms with van der Waals surface area (Å²) in [5.74, 6) is 1.84. The number of hydrogen-bond donors (Lipinski definition) is 0. The third kappa shape index (κ3) is 3.38. The van der Waals surface area contributed by atoms with Gasteiger partial charge < -0.3 is 0 Å². The molecule has 12 heavy (non-hydrogen) atoms. The van der Waals surface area contributed by atoms with Gasteiger partial charge >= 0.3 is 0 Å². The summed E-state index contributed by atoms with van der Waals surface area (Å²) in [6, 6.07) is 8.25. The predicted molar refractivity (Wildman–Crippen MR) is 60.2 cm³/mol. The number of hydrogen-bond acceptors (Lipinski definition) is 1. The van der Waals surface area contributed by atoms with E-state index in [0.29, 0.717) is 0 Å². The minimum atomic E-state index is 0.747. The molecule has 0 amide bonds. The molecule has 0 saturated heterocycles. The van der Waals surface area contributed by atoms with E-state index in [1.54, 1.807) is 0 Å². The van der Waals surface area contributed by atoms with Gasteiger partial charge in [0.05, 0.1) is 0 Å². The van der Waals surface area contributed by atoms with Crippen LogP contribution in [-0.2, 0) is 0 Å². The van der Waals surface area contributed by atoms with Gasteiger partial charge in [-0.3, -0.25) is 0 Å². The minimum absolute atomic E-state index is 0.747. The predicted octanol–water partition coefficient (Wildman–Crippen LogP) is 4.17. The zero-order chi connectivity index (χ0) is 8.81. The van der Waals surface area contributed by atoms with Crippen molar-refractivity contribution in [1.82, 2.24) is 0 Å². The van der Waals surface area contributed by atoms with Crippen LogP contribution in [0.1, 0.15) is 6.42 Å². The first kappa shape index (κ1) is 10.4. The number of alkyl halides is 1. The molecule has 1 rings (SSSR count). The van der Waals surface area contributed by atoms with E-state index >= 15 is 0 Å². The lowest BCUT2D eigenvalue weighted by atomic mass is 10.4. The summed E-state index contributed by atoms with van der Waals surface area (Å²) in [7, 11) is 0. The van der Waals surface area contributed by atoms with Gasteiger partial charge in [0, 0.05) is 15.2 Å². The summed E-state index contributed by atoms with van der Waals surface area (Å²) in [5, 5.41) is 0. The Bertz CT molecular complexity index is 240. The normalized spacial score (nSPS) is 10.2. The van der Waals surface area contributed by atoms with E-state index in [4.69, 9.17) is 11.6 Å². The van der Waals surface area contributed by atoms with Gasteiger partial charge in [-0.2, -0.15) is 0 Å². The molecule has 3 heteroatoms. The van der Waals surface area contributed by atoms with E-state index < -0.39 is 0 Å². The summed E-state index contributed by atoms with van der Waals surface area (Å²) >= 11 is 10.9. The monoisotopic (exact) mass is 264 g/mol. The van der Waals surface area contributed by atoms with E-state index in [2.05, 4.69) is 28.1 Å². The fourth-order valence-corrected chi connectivity index (χ4v) is 2.61. The SMILES string of the molecule is ClCCCSc1ccccc1Br. The summed E-state index contributed by atoms with van der Waals surface area (Å²) in [5.41, 5.74) is 0. The average Bonchev–Trinajstić information content (AvgIpc) is 2.09. The molecule has 0 spiro atoms. The van der Waals surface area contributed by atoms with Crippen LogP contribution in [0.25, 0.3) is 0 Å². The molecule has 0 saturated carbocycles. The van der Waals surface area contributed by atoms with Crippen LogP contribution in [0.15, 0.2) is 33.6 Å². The molecule has 0 unspecified atom stereocenters. The van der Waals surface area contributed by atoms with Crippen molar-refractivity contribution in [2.24, 2.45) is 0 Å². The van der Waals surface area contributed by atoms with Crippen molar-refractivity contribution >= 4 is 39.3 Å². The summed E-state index contributed by atoms with van der Waals surface area (Å²) in [6.45, 7) is 0. The highest BCUT2D eigenvalue weighted by atomic mass is 79.9. The Morgan fingerprint density at radius 3 is 2.75 bits per heavy atom. The largest absolute Gasteiger partial charge is 0.127 e. The van der Waals surface area contributed by atoms with Gasteiger partial charge in [0.2, 0.25) is 0 Å². The molecule has 1 aromatic carbocycles. The summed E-state index contributed by atoms with van der Waals surface area (Å²) < 4.78 is 1.17. The first-order valence-corrected chi connectivity index (χ1v) is 6.09. The number of rotatable bonds is 4. The Morgan fingerprint density at radius 2 is 2.08 bits per heavy atom. The van der Waals surface area contributed by atoms with E-state index in [0.717, 1.165) is 18.1 Å². The highest BCUT2D eigenvalue weighted by molar-refractivity contribution is 9.10. The lowest BCUT2D eigenvalue weighted by molar-refractivity contribution is 1.11. The van der Waals surface area contributed by atoms with E-state index in [1.165, 1.54) is 9.37 Å². The summed E-state index contributed by atoms with van der Waals surface area (Å²) in [4.78, 5) is 1.29. The molecule has 0 radical (unpaired) electrons. The second-order valence-electron chi connectivity index (χ2n) is 2.32. The third-order valence-corrected chi connectivity index (χ3v) is 3.75. The van der Waals surface area contributed by atoms with Crippen molar-refractivity contribution in [1.29, 1.82) is 0 Å². The first-order valence-electron chi connectivity index (χ1n) is 3.78. The number of benzene rings is 1. The van der Waals surface area contributed by atoms with Gasteiger partial charge in [0.25, 0.3) is 0 Å². The molecule has 0 nitrogen and oxygen atoms in total. The van der Waals surface area contributed by atoms with Gasteiger partial charge in [0.1, 0.15) is 0 Å². The molecule has 0 aliphatic rings. The maximum Gasteiger partial charge on any atom is 0.0311 e. The van der Waals surface area contributed by atoms with Crippen LogP contribution in [0.2, 0.25) is 0 Å². The van der Waals surface area contributed by atoms with Crippen LogP contribution >= 0.6 is 39.3 Å². The highest BCUT2D eigenvalue weighted by Crippen LogP contribution is 2.27. The van der Waals surface area contributed by atoms with Gasteiger partial charge in [-0.15, -0.1) is 23.4 Å². The maximum absolute atomic E-state index is 5.58. The number of halogens is 2. The fraction of sp³-hybridized carbons (Fsp3) is 0.333. The Balaban J connectivity index is 2.46. The van der Waals surface area contributed by atoms with Crippen LogP contribution in [0.5, 0.6) is 0 Å². The second kappa shape index (κ2) is 5.90. The Kier molecular flexibility index (Phi) is 5.12. The Hall–Kier alpha value is 0.340. The third-order valence-electron chi connectivity index (χ3n) is 1.37. The summed E-state index contributed by atoms with van der Waals surface area (Å²) in [6.07, 6.45) is 1.06. The first-order chi connectivity index (χ1) is 5.84. The molecule has 1 aromatic rings. The molecule has 0 N–H and O–H groups in total. The van der Waals surface area contributed by atoms with Crippen molar-refractivity contribution in [2.75, 3.05) is 11.6 Å². The van der Waals surface area contributed by atoms with Crippen LogP contribution in [0, 0.1) is 0 Å². The van der Waals surface area contributed by atoms with Gasteiger partial charge in [-0.25, -0.2) is 0 Å². The van der Waals surface area contributed by atoms with Gasteiger partial charge in [-0.1, -0.05) is 12.1 Å². The van der Waals surface area contributed by atoms with Crippen molar-refractivity contribution in [3.05, 3.63) is 28.7 Å².